The normalized spacial score (nSPS) is 11.3. The molecule has 16 heavy (non-hydrogen) atoms. The first-order valence-corrected chi connectivity index (χ1v) is 5.65. The Morgan fingerprint density at radius 3 is 2.25 bits per heavy atom. The molecule has 1 aromatic heterocycles. The van der Waals surface area contributed by atoms with Gasteiger partial charge in [-0.25, -0.2) is 4.98 Å². The van der Waals surface area contributed by atoms with Crippen LogP contribution in [-0.2, 0) is 4.79 Å². The van der Waals surface area contributed by atoms with Crippen molar-refractivity contribution in [1.82, 2.24) is 4.98 Å². The third-order valence-electron chi connectivity index (χ3n) is 1.74. The summed E-state index contributed by atoms with van der Waals surface area (Å²) in [6, 6.07) is 3.13. The molecule has 0 atom stereocenters. The number of carbonyl (C=O) groups is 1. The number of amides is 1. The third kappa shape index (κ3) is 4.81. The van der Waals surface area contributed by atoms with E-state index in [-0.39, 0.29) is 21.6 Å². The zero-order chi connectivity index (χ0) is 12.3. The lowest BCUT2D eigenvalue weighted by atomic mass is 9.92. The molecule has 0 aliphatic rings. The number of nitrogens with one attached hydrogen (secondary N) is 1. The lowest BCUT2D eigenvalue weighted by molar-refractivity contribution is -0.117. The molecule has 5 heteroatoms. The zero-order valence-electron chi connectivity index (χ0n) is 9.47. The number of hydrogen-bond acceptors (Lipinski definition) is 2. The van der Waals surface area contributed by atoms with Gasteiger partial charge in [0.05, 0.1) is 0 Å². The van der Waals surface area contributed by atoms with Crippen LogP contribution in [0.5, 0.6) is 0 Å². The standard InChI is InChI=1S/C11H14Cl2N2O/c1-11(2,3)6-10(16)14-7-4-8(12)15-9(13)5-7/h4-5H,6H2,1-3H3,(H,14,15,16). The summed E-state index contributed by atoms with van der Waals surface area (Å²) < 4.78 is 0. The number of aromatic nitrogens is 1. The van der Waals surface area contributed by atoms with Crippen molar-refractivity contribution >= 4 is 34.8 Å². The predicted molar refractivity (Wildman–Crippen MR) is 67.0 cm³/mol. The van der Waals surface area contributed by atoms with E-state index in [1.807, 2.05) is 20.8 Å². The first-order chi connectivity index (χ1) is 7.26. The van der Waals surface area contributed by atoms with Gasteiger partial charge in [-0.2, -0.15) is 0 Å². The quantitative estimate of drug-likeness (QED) is 0.823. The van der Waals surface area contributed by atoms with Crippen LogP contribution in [0.2, 0.25) is 10.3 Å². The fourth-order valence-corrected chi connectivity index (χ4v) is 1.68. The molecule has 88 valence electrons. The Balaban J connectivity index is 2.70. The summed E-state index contributed by atoms with van der Waals surface area (Å²) in [5.41, 5.74) is 0.518. The van der Waals surface area contributed by atoms with Crippen molar-refractivity contribution in [3.63, 3.8) is 0 Å². The van der Waals surface area contributed by atoms with E-state index < -0.39 is 0 Å². The van der Waals surface area contributed by atoms with Gasteiger partial charge in [-0.1, -0.05) is 44.0 Å². The van der Waals surface area contributed by atoms with Crippen LogP contribution in [0.1, 0.15) is 27.2 Å². The van der Waals surface area contributed by atoms with Crippen LogP contribution < -0.4 is 5.32 Å². The zero-order valence-corrected chi connectivity index (χ0v) is 11.0. The average molecular weight is 261 g/mol. The van der Waals surface area contributed by atoms with Gasteiger partial charge in [-0.15, -0.1) is 0 Å². The Labute approximate surface area is 105 Å². The molecule has 1 heterocycles. The van der Waals surface area contributed by atoms with E-state index in [2.05, 4.69) is 10.3 Å². The minimum absolute atomic E-state index is 0.0509. The molecule has 0 fully saturated rings. The Hall–Kier alpha value is -0.800. The maximum atomic E-state index is 11.6. The molecule has 3 nitrogen and oxygen atoms in total. The number of pyridine rings is 1. The van der Waals surface area contributed by atoms with E-state index in [1.54, 1.807) is 12.1 Å². The summed E-state index contributed by atoms with van der Waals surface area (Å²) in [6.45, 7) is 6.00. The molecule has 1 rings (SSSR count). The molecule has 0 saturated heterocycles. The Kier molecular flexibility index (Phi) is 4.16. The molecular formula is C11H14Cl2N2O. The van der Waals surface area contributed by atoms with Crippen LogP contribution in [0.4, 0.5) is 5.69 Å². The molecule has 0 aromatic carbocycles. The molecule has 0 saturated carbocycles. The van der Waals surface area contributed by atoms with E-state index >= 15 is 0 Å². The Bertz CT molecular complexity index is 379. The van der Waals surface area contributed by atoms with E-state index in [9.17, 15) is 4.79 Å². The summed E-state index contributed by atoms with van der Waals surface area (Å²) in [5, 5.41) is 3.26. The highest BCUT2D eigenvalue weighted by molar-refractivity contribution is 6.32. The number of carbonyl (C=O) groups excluding carboxylic acids is 1. The second kappa shape index (κ2) is 5.02. The summed E-state index contributed by atoms with van der Waals surface area (Å²) in [5.74, 6) is -0.0640. The lowest BCUT2D eigenvalue weighted by Crippen LogP contribution is -2.19. The molecule has 0 aliphatic heterocycles. The van der Waals surface area contributed by atoms with Crippen molar-refractivity contribution in [2.45, 2.75) is 27.2 Å². The number of rotatable bonds is 2. The van der Waals surface area contributed by atoms with Crippen LogP contribution in [0.3, 0.4) is 0 Å². The number of anilines is 1. The summed E-state index contributed by atoms with van der Waals surface area (Å²) >= 11 is 11.4. The van der Waals surface area contributed by atoms with Crippen LogP contribution in [0, 0.1) is 5.41 Å². The molecular weight excluding hydrogens is 247 g/mol. The fraction of sp³-hybridized carbons (Fsp3) is 0.455. The van der Waals surface area contributed by atoms with Crippen LogP contribution in [-0.4, -0.2) is 10.9 Å². The molecule has 1 aromatic rings. The Morgan fingerprint density at radius 1 is 1.31 bits per heavy atom. The molecule has 0 radical (unpaired) electrons. The van der Waals surface area contributed by atoms with Gasteiger partial charge in [0.25, 0.3) is 0 Å². The van der Waals surface area contributed by atoms with Crippen molar-refractivity contribution in [2.24, 2.45) is 5.41 Å². The summed E-state index contributed by atoms with van der Waals surface area (Å²) in [7, 11) is 0. The molecule has 0 bridgehead atoms. The molecule has 0 spiro atoms. The predicted octanol–water partition coefficient (Wildman–Crippen LogP) is 3.76. The van der Waals surface area contributed by atoms with Crippen molar-refractivity contribution in [1.29, 1.82) is 0 Å². The van der Waals surface area contributed by atoms with Gasteiger partial charge < -0.3 is 5.32 Å². The first kappa shape index (κ1) is 13.3. The summed E-state index contributed by atoms with van der Waals surface area (Å²) in [4.78, 5) is 15.4. The van der Waals surface area contributed by atoms with E-state index in [1.165, 1.54) is 0 Å². The molecule has 1 amide bonds. The number of halogens is 2. The third-order valence-corrected chi connectivity index (χ3v) is 2.12. The van der Waals surface area contributed by atoms with Crippen LogP contribution in [0.15, 0.2) is 12.1 Å². The van der Waals surface area contributed by atoms with E-state index in [4.69, 9.17) is 23.2 Å². The molecule has 0 unspecified atom stereocenters. The van der Waals surface area contributed by atoms with E-state index in [0.717, 1.165) is 0 Å². The van der Waals surface area contributed by atoms with Gasteiger partial charge in [0.2, 0.25) is 5.91 Å². The average Bonchev–Trinajstić information content (AvgIpc) is 1.96. The highest BCUT2D eigenvalue weighted by Gasteiger charge is 2.16. The van der Waals surface area contributed by atoms with Crippen molar-refractivity contribution in [3.05, 3.63) is 22.4 Å². The first-order valence-electron chi connectivity index (χ1n) is 4.89. The molecule has 1 N–H and O–H groups in total. The van der Waals surface area contributed by atoms with Gasteiger partial charge in [0.15, 0.2) is 0 Å². The minimum atomic E-state index is -0.0640. The van der Waals surface area contributed by atoms with Crippen molar-refractivity contribution in [2.75, 3.05) is 5.32 Å². The second-order valence-electron chi connectivity index (χ2n) is 4.79. The molecule has 0 aliphatic carbocycles. The maximum Gasteiger partial charge on any atom is 0.224 e. The topological polar surface area (TPSA) is 42.0 Å². The van der Waals surface area contributed by atoms with Crippen LogP contribution in [0.25, 0.3) is 0 Å². The number of nitrogens with zero attached hydrogens (tertiary/aromatic N) is 1. The summed E-state index contributed by atoms with van der Waals surface area (Å²) in [6.07, 6.45) is 0.435. The second-order valence-corrected chi connectivity index (χ2v) is 5.56. The highest BCUT2D eigenvalue weighted by Crippen LogP contribution is 2.22. The van der Waals surface area contributed by atoms with Crippen LogP contribution >= 0.6 is 23.2 Å². The Morgan fingerprint density at radius 2 is 1.81 bits per heavy atom. The van der Waals surface area contributed by atoms with Crippen molar-refractivity contribution in [3.8, 4) is 0 Å². The van der Waals surface area contributed by atoms with E-state index in [0.29, 0.717) is 12.1 Å². The lowest BCUT2D eigenvalue weighted by Gasteiger charge is -2.17. The van der Waals surface area contributed by atoms with Gasteiger partial charge in [-0.05, 0) is 17.5 Å². The fourth-order valence-electron chi connectivity index (χ4n) is 1.22. The van der Waals surface area contributed by atoms with Gasteiger partial charge >= 0.3 is 0 Å². The maximum absolute atomic E-state index is 11.6. The SMILES string of the molecule is CC(C)(C)CC(=O)Nc1cc(Cl)nc(Cl)c1. The monoisotopic (exact) mass is 260 g/mol. The van der Waals surface area contributed by atoms with Crippen molar-refractivity contribution < 1.29 is 4.79 Å². The largest absolute Gasteiger partial charge is 0.326 e. The number of hydrogen-bond donors (Lipinski definition) is 1. The minimum Gasteiger partial charge on any atom is -0.326 e. The smallest absolute Gasteiger partial charge is 0.224 e. The van der Waals surface area contributed by atoms with Gasteiger partial charge in [0.1, 0.15) is 10.3 Å². The van der Waals surface area contributed by atoms with Gasteiger partial charge in [0, 0.05) is 12.1 Å². The highest BCUT2D eigenvalue weighted by atomic mass is 35.5. The van der Waals surface area contributed by atoms with Gasteiger partial charge in [-0.3, -0.25) is 4.79 Å².